The standard InChI is InChI=1S/C17H17N5O4S2/c23-14(19-11-6-7-28(25,26)10-11)9-27-17-20-15-13(16(24)21-17)8-18-22(15)12-4-2-1-3-5-12/h1-5,8,11H,6-7,9-10H2,(H,19,23)(H,20,21,24)/t11-/m1/s1. The fourth-order valence-electron chi connectivity index (χ4n) is 3.04. The smallest absolute Gasteiger partial charge is 0.262 e. The molecule has 0 radical (unpaired) electrons. The minimum absolute atomic E-state index is 0.0183. The Morgan fingerprint density at radius 2 is 2.11 bits per heavy atom. The van der Waals surface area contributed by atoms with E-state index in [4.69, 9.17) is 0 Å². The number of rotatable bonds is 5. The molecular formula is C17H17N5O4S2. The molecule has 1 aliphatic heterocycles. The summed E-state index contributed by atoms with van der Waals surface area (Å²) in [5.74, 6) is -0.211. The van der Waals surface area contributed by atoms with Gasteiger partial charge in [-0.25, -0.2) is 18.1 Å². The molecule has 1 saturated heterocycles. The number of carbonyl (C=O) groups is 1. The van der Waals surface area contributed by atoms with Gasteiger partial charge in [0.05, 0.1) is 29.1 Å². The van der Waals surface area contributed by atoms with E-state index < -0.39 is 9.84 Å². The molecule has 28 heavy (non-hydrogen) atoms. The highest BCUT2D eigenvalue weighted by atomic mass is 32.2. The molecule has 9 nitrogen and oxygen atoms in total. The minimum Gasteiger partial charge on any atom is -0.352 e. The first kappa shape index (κ1) is 18.7. The molecule has 146 valence electrons. The highest BCUT2D eigenvalue weighted by Gasteiger charge is 2.28. The van der Waals surface area contributed by atoms with Crippen molar-refractivity contribution in [2.75, 3.05) is 17.3 Å². The van der Waals surface area contributed by atoms with Crippen LogP contribution in [0.2, 0.25) is 0 Å². The number of fused-ring (bicyclic) bond motifs is 1. The Bertz CT molecular complexity index is 1190. The molecular weight excluding hydrogens is 402 g/mol. The number of sulfone groups is 1. The minimum atomic E-state index is -3.05. The molecule has 0 spiro atoms. The summed E-state index contributed by atoms with van der Waals surface area (Å²) in [5.41, 5.74) is 0.837. The van der Waals surface area contributed by atoms with Gasteiger partial charge >= 0.3 is 0 Å². The first-order chi connectivity index (χ1) is 13.4. The van der Waals surface area contributed by atoms with Crippen molar-refractivity contribution < 1.29 is 13.2 Å². The second-order valence-corrected chi connectivity index (χ2v) is 9.65. The Kier molecular flexibility index (Phi) is 4.94. The molecule has 11 heteroatoms. The summed E-state index contributed by atoms with van der Waals surface area (Å²) in [5, 5.41) is 7.60. The quantitative estimate of drug-likeness (QED) is 0.455. The van der Waals surface area contributed by atoms with E-state index in [2.05, 4.69) is 20.4 Å². The van der Waals surface area contributed by atoms with Crippen LogP contribution in [-0.4, -0.2) is 57.4 Å². The molecule has 0 unspecified atom stereocenters. The lowest BCUT2D eigenvalue weighted by molar-refractivity contribution is -0.119. The Morgan fingerprint density at radius 3 is 2.82 bits per heavy atom. The van der Waals surface area contributed by atoms with E-state index in [1.807, 2.05) is 30.3 Å². The van der Waals surface area contributed by atoms with E-state index in [9.17, 15) is 18.0 Å². The molecule has 2 aromatic heterocycles. The fourth-order valence-corrected chi connectivity index (χ4v) is 5.38. The topological polar surface area (TPSA) is 127 Å². The number of carbonyl (C=O) groups excluding carboxylic acids is 1. The molecule has 1 aliphatic rings. The van der Waals surface area contributed by atoms with Crippen molar-refractivity contribution in [3.05, 3.63) is 46.9 Å². The first-order valence-electron chi connectivity index (χ1n) is 8.57. The summed E-state index contributed by atoms with van der Waals surface area (Å²) in [6, 6.07) is 8.95. The number of hydrogen-bond acceptors (Lipinski definition) is 7. The van der Waals surface area contributed by atoms with Crippen LogP contribution in [0.25, 0.3) is 16.7 Å². The number of aromatic nitrogens is 4. The van der Waals surface area contributed by atoms with Crippen LogP contribution < -0.4 is 10.9 Å². The number of amides is 1. The van der Waals surface area contributed by atoms with E-state index in [1.165, 1.54) is 6.20 Å². The second kappa shape index (κ2) is 7.40. The van der Waals surface area contributed by atoms with Crippen LogP contribution in [0.5, 0.6) is 0 Å². The predicted octanol–water partition coefficient (Wildman–Crippen LogP) is 0.504. The van der Waals surface area contributed by atoms with Gasteiger partial charge in [0.15, 0.2) is 20.6 Å². The lowest BCUT2D eigenvalue weighted by atomic mass is 10.3. The van der Waals surface area contributed by atoms with Gasteiger partial charge in [-0.1, -0.05) is 30.0 Å². The maximum atomic E-state index is 12.3. The lowest BCUT2D eigenvalue weighted by Gasteiger charge is -2.10. The van der Waals surface area contributed by atoms with Crippen LogP contribution in [0.1, 0.15) is 6.42 Å². The molecule has 3 aromatic rings. The van der Waals surface area contributed by atoms with Crippen LogP contribution >= 0.6 is 11.8 Å². The van der Waals surface area contributed by atoms with Gasteiger partial charge in [-0.3, -0.25) is 9.59 Å². The maximum absolute atomic E-state index is 12.3. The number of nitrogens with one attached hydrogen (secondary N) is 2. The van der Waals surface area contributed by atoms with Crippen molar-refractivity contribution in [2.24, 2.45) is 0 Å². The third kappa shape index (κ3) is 3.94. The highest BCUT2D eigenvalue weighted by molar-refractivity contribution is 7.99. The SMILES string of the molecule is O=C(CSc1nc2c(cnn2-c2ccccc2)c(=O)[nH]1)N[C@@H]1CCS(=O)(=O)C1. The van der Waals surface area contributed by atoms with Crippen molar-refractivity contribution in [3.63, 3.8) is 0 Å². The normalized spacial score (nSPS) is 18.4. The third-order valence-electron chi connectivity index (χ3n) is 4.35. The van der Waals surface area contributed by atoms with E-state index in [-0.39, 0.29) is 34.8 Å². The van der Waals surface area contributed by atoms with E-state index in [0.29, 0.717) is 22.6 Å². The number of benzene rings is 1. The summed E-state index contributed by atoms with van der Waals surface area (Å²) in [6.07, 6.45) is 1.88. The number of thioether (sulfide) groups is 1. The van der Waals surface area contributed by atoms with E-state index >= 15 is 0 Å². The van der Waals surface area contributed by atoms with E-state index in [0.717, 1.165) is 17.4 Å². The Hall–Kier alpha value is -2.66. The molecule has 3 heterocycles. The van der Waals surface area contributed by atoms with Crippen molar-refractivity contribution in [1.29, 1.82) is 0 Å². The summed E-state index contributed by atoms with van der Waals surface area (Å²) < 4.78 is 24.5. The summed E-state index contributed by atoms with van der Waals surface area (Å²) in [7, 11) is -3.05. The van der Waals surface area contributed by atoms with Crippen LogP contribution in [0, 0.1) is 0 Å². The van der Waals surface area contributed by atoms with Gasteiger partial charge in [0.1, 0.15) is 5.39 Å². The third-order valence-corrected chi connectivity index (χ3v) is 7.00. The Labute approximate surface area is 164 Å². The molecule has 0 saturated carbocycles. The monoisotopic (exact) mass is 419 g/mol. The molecule has 0 aliphatic carbocycles. The van der Waals surface area contributed by atoms with Crippen LogP contribution in [0.4, 0.5) is 0 Å². The van der Waals surface area contributed by atoms with Crippen molar-refractivity contribution in [2.45, 2.75) is 17.6 Å². The predicted molar refractivity (Wildman–Crippen MR) is 105 cm³/mol. The van der Waals surface area contributed by atoms with E-state index in [1.54, 1.807) is 4.68 Å². The maximum Gasteiger partial charge on any atom is 0.262 e. The number of nitrogens with zero attached hydrogens (tertiary/aromatic N) is 3. The van der Waals surface area contributed by atoms with Crippen molar-refractivity contribution in [1.82, 2.24) is 25.1 Å². The summed E-state index contributed by atoms with van der Waals surface area (Å²) in [4.78, 5) is 31.5. The number of aromatic amines is 1. The summed E-state index contributed by atoms with van der Waals surface area (Å²) in [6.45, 7) is 0. The van der Waals surface area contributed by atoms with Crippen LogP contribution in [0.3, 0.4) is 0 Å². The highest BCUT2D eigenvalue weighted by Crippen LogP contribution is 2.18. The Balaban J connectivity index is 1.50. The van der Waals surface area contributed by atoms with Gasteiger partial charge in [0.2, 0.25) is 5.91 Å². The first-order valence-corrected chi connectivity index (χ1v) is 11.4. The molecule has 1 atom stereocenters. The number of para-hydroxylation sites is 1. The van der Waals surface area contributed by atoms with Gasteiger partial charge in [0, 0.05) is 6.04 Å². The summed E-state index contributed by atoms with van der Waals surface area (Å²) >= 11 is 1.08. The number of hydrogen-bond donors (Lipinski definition) is 2. The fraction of sp³-hybridized carbons (Fsp3) is 0.294. The second-order valence-electron chi connectivity index (χ2n) is 6.46. The van der Waals surface area contributed by atoms with Gasteiger partial charge in [-0.05, 0) is 18.6 Å². The van der Waals surface area contributed by atoms with Gasteiger partial charge in [0.25, 0.3) is 5.56 Å². The van der Waals surface area contributed by atoms with Gasteiger partial charge < -0.3 is 10.3 Å². The molecule has 1 aromatic carbocycles. The zero-order chi connectivity index (χ0) is 19.7. The molecule has 4 rings (SSSR count). The van der Waals surface area contributed by atoms with Gasteiger partial charge in [-0.2, -0.15) is 5.10 Å². The Morgan fingerprint density at radius 1 is 1.32 bits per heavy atom. The van der Waals surface area contributed by atoms with Gasteiger partial charge in [-0.15, -0.1) is 0 Å². The van der Waals surface area contributed by atoms with Crippen molar-refractivity contribution in [3.8, 4) is 5.69 Å². The van der Waals surface area contributed by atoms with Crippen molar-refractivity contribution >= 4 is 38.5 Å². The largest absolute Gasteiger partial charge is 0.352 e. The zero-order valence-corrected chi connectivity index (χ0v) is 16.3. The van der Waals surface area contributed by atoms with Crippen LogP contribution in [0.15, 0.2) is 46.5 Å². The molecule has 1 amide bonds. The lowest BCUT2D eigenvalue weighted by Crippen LogP contribution is -2.36. The number of H-pyrrole nitrogens is 1. The molecule has 2 N–H and O–H groups in total. The average molecular weight is 419 g/mol. The van der Waals surface area contributed by atoms with Crippen LogP contribution in [-0.2, 0) is 14.6 Å². The molecule has 1 fully saturated rings. The zero-order valence-electron chi connectivity index (χ0n) is 14.7. The molecule has 0 bridgehead atoms. The average Bonchev–Trinajstić information content (AvgIpc) is 3.24.